The minimum Gasteiger partial charge on any atom is -0.330 e. The molecule has 0 bridgehead atoms. The Morgan fingerprint density at radius 1 is 1.24 bits per heavy atom. The fraction of sp³-hybridized carbons (Fsp3) is 1.00. The number of piperidine rings is 1. The number of hydrogen-bond acceptors (Lipinski definition) is 3. The normalized spacial score (nSPS) is 20.7. The molecule has 1 unspecified atom stereocenters. The Kier molecular flexibility index (Phi) is 5.85. The Balaban J connectivity index is 2.62. The van der Waals surface area contributed by atoms with E-state index >= 15 is 0 Å². The van der Waals surface area contributed by atoms with Gasteiger partial charge in [0.15, 0.2) is 0 Å². The summed E-state index contributed by atoms with van der Waals surface area (Å²) in [6, 6.07) is -0.0630. The molecule has 1 atom stereocenters. The molecular formula is C11H25N3O2S. The molecule has 0 aromatic rings. The maximum Gasteiger partial charge on any atom is 0.279 e. The molecule has 1 rings (SSSR count). The number of nitrogens with one attached hydrogen (secondary N) is 1. The molecule has 5 nitrogen and oxygen atoms in total. The molecule has 0 aromatic carbocycles. The van der Waals surface area contributed by atoms with Gasteiger partial charge in [0.05, 0.1) is 0 Å². The van der Waals surface area contributed by atoms with E-state index in [1.165, 1.54) is 0 Å². The Hall–Kier alpha value is -0.170. The second-order valence-corrected chi connectivity index (χ2v) is 6.71. The van der Waals surface area contributed by atoms with Gasteiger partial charge in [0, 0.05) is 19.1 Å². The van der Waals surface area contributed by atoms with Gasteiger partial charge < -0.3 is 5.73 Å². The van der Waals surface area contributed by atoms with Crippen LogP contribution in [0.3, 0.4) is 0 Å². The molecule has 0 spiro atoms. The molecule has 3 N–H and O–H groups in total. The summed E-state index contributed by atoms with van der Waals surface area (Å²) in [4.78, 5) is 0. The lowest BCUT2D eigenvalue weighted by Crippen LogP contribution is -2.49. The van der Waals surface area contributed by atoms with Crippen molar-refractivity contribution in [3.8, 4) is 0 Å². The molecule has 0 aromatic heterocycles. The molecule has 0 saturated carbocycles. The zero-order valence-electron chi connectivity index (χ0n) is 10.9. The highest BCUT2D eigenvalue weighted by molar-refractivity contribution is 7.87. The molecule has 6 heteroatoms. The molecule has 102 valence electrons. The maximum atomic E-state index is 12.1. The van der Waals surface area contributed by atoms with E-state index in [1.807, 2.05) is 13.8 Å². The second kappa shape index (κ2) is 6.68. The largest absolute Gasteiger partial charge is 0.330 e. The highest BCUT2D eigenvalue weighted by atomic mass is 32.2. The SMILES string of the molecule is CC(C)C(CCN)NS(=O)(=O)N1CCCCC1. The fourth-order valence-electron chi connectivity index (χ4n) is 2.08. The first-order chi connectivity index (χ1) is 7.97. The lowest BCUT2D eigenvalue weighted by molar-refractivity contribution is 0.330. The van der Waals surface area contributed by atoms with E-state index in [2.05, 4.69) is 4.72 Å². The first-order valence-electron chi connectivity index (χ1n) is 6.45. The van der Waals surface area contributed by atoms with Crippen LogP contribution in [-0.4, -0.2) is 38.4 Å². The summed E-state index contributed by atoms with van der Waals surface area (Å²) in [7, 11) is -3.32. The maximum absolute atomic E-state index is 12.1. The minimum absolute atomic E-state index is 0.0630. The summed E-state index contributed by atoms with van der Waals surface area (Å²) in [5.74, 6) is 0.262. The van der Waals surface area contributed by atoms with Crippen molar-refractivity contribution in [2.75, 3.05) is 19.6 Å². The van der Waals surface area contributed by atoms with Gasteiger partial charge >= 0.3 is 0 Å². The molecule has 1 heterocycles. The standard InChI is InChI=1S/C11H25N3O2S/c1-10(2)11(6-7-12)13-17(15,16)14-8-4-3-5-9-14/h10-11,13H,3-9,12H2,1-2H3. The smallest absolute Gasteiger partial charge is 0.279 e. The quantitative estimate of drug-likeness (QED) is 0.740. The van der Waals surface area contributed by atoms with E-state index in [0.717, 1.165) is 19.3 Å². The molecule has 1 aliphatic rings. The van der Waals surface area contributed by atoms with E-state index in [9.17, 15) is 8.42 Å². The van der Waals surface area contributed by atoms with Crippen LogP contribution in [0, 0.1) is 5.92 Å². The Morgan fingerprint density at radius 2 is 1.82 bits per heavy atom. The van der Waals surface area contributed by atoms with Crippen LogP contribution in [0.2, 0.25) is 0 Å². The van der Waals surface area contributed by atoms with Crippen LogP contribution >= 0.6 is 0 Å². The third kappa shape index (κ3) is 4.54. The topological polar surface area (TPSA) is 75.4 Å². The highest BCUT2D eigenvalue weighted by Crippen LogP contribution is 2.14. The predicted molar refractivity (Wildman–Crippen MR) is 69.8 cm³/mol. The molecule has 1 saturated heterocycles. The average molecular weight is 263 g/mol. The van der Waals surface area contributed by atoms with Crippen molar-refractivity contribution in [2.24, 2.45) is 11.7 Å². The number of nitrogens with zero attached hydrogens (tertiary/aromatic N) is 1. The van der Waals surface area contributed by atoms with Crippen LogP contribution in [0.5, 0.6) is 0 Å². The molecule has 17 heavy (non-hydrogen) atoms. The van der Waals surface area contributed by atoms with E-state index in [-0.39, 0.29) is 12.0 Å². The van der Waals surface area contributed by atoms with Crippen LogP contribution in [0.1, 0.15) is 39.5 Å². The lowest BCUT2D eigenvalue weighted by atomic mass is 10.0. The summed E-state index contributed by atoms with van der Waals surface area (Å²) >= 11 is 0. The van der Waals surface area contributed by atoms with Gasteiger partial charge in [0.2, 0.25) is 0 Å². The Labute approximate surface area is 105 Å². The van der Waals surface area contributed by atoms with Crippen molar-refractivity contribution in [3.05, 3.63) is 0 Å². The van der Waals surface area contributed by atoms with E-state index in [1.54, 1.807) is 4.31 Å². The molecule has 0 aliphatic carbocycles. The average Bonchev–Trinajstić information content (AvgIpc) is 2.29. The Bertz CT molecular complexity index is 311. The third-order valence-electron chi connectivity index (χ3n) is 3.24. The van der Waals surface area contributed by atoms with Gasteiger partial charge in [-0.1, -0.05) is 20.3 Å². The monoisotopic (exact) mass is 263 g/mol. The van der Waals surface area contributed by atoms with Gasteiger partial charge in [-0.25, -0.2) is 0 Å². The summed E-state index contributed by atoms with van der Waals surface area (Å²) in [6.45, 7) is 5.81. The van der Waals surface area contributed by atoms with Crippen molar-refractivity contribution in [1.82, 2.24) is 9.03 Å². The third-order valence-corrected chi connectivity index (χ3v) is 4.88. The van der Waals surface area contributed by atoms with Crippen LogP contribution in [0.4, 0.5) is 0 Å². The van der Waals surface area contributed by atoms with Gasteiger partial charge in [-0.3, -0.25) is 0 Å². The van der Waals surface area contributed by atoms with Gasteiger partial charge in [0.1, 0.15) is 0 Å². The summed E-state index contributed by atoms with van der Waals surface area (Å²) < 4.78 is 28.6. The summed E-state index contributed by atoms with van der Waals surface area (Å²) in [6.07, 6.45) is 3.74. The van der Waals surface area contributed by atoms with Gasteiger partial charge in [-0.2, -0.15) is 17.4 Å². The lowest BCUT2D eigenvalue weighted by Gasteiger charge is -2.29. The van der Waals surface area contributed by atoms with Gasteiger partial charge in [0.25, 0.3) is 10.2 Å². The van der Waals surface area contributed by atoms with E-state index in [4.69, 9.17) is 5.73 Å². The number of rotatable bonds is 6. The summed E-state index contributed by atoms with van der Waals surface area (Å²) in [5, 5.41) is 0. The highest BCUT2D eigenvalue weighted by Gasteiger charge is 2.27. The summed E-state index contributed by atoms with van der Waals surface area (Å²) in [5.41, 5.74) is 5.52. The molecule has 0 radical (unpaired) electrons. The molecule has 0 amide bonds. The molecule has 1 fully saturated rings. The van der Waals surface area contributed by atoms with Crippen LogP contribution in [-0.2, 0) is 10.2 Å². The first kappa shape index (κ1) is 14.9. The predicted octanol–water partition coefficient (Wildman–Crippen LogP) is 0.680. The van der Waals surface area contributed by atoms with E-state index in [0.29, 0.717) is 26.1 Å². The first-order valence-corrected chi connectivity index (χ1v) is 7.89. The van der Waals surface area contributed by atoms with Gasteiger partial charge in [-0.15, -0.1) is 0 Å². The van der Waals surface area contributed by atoms with Crippen LogP contribution in [0.25, 0.3) is 0 Å². The van der Waals surface area contributed by atoms with Crippen molar-refractivity contribution >= 4 is 10.2 Å². The van der Waals surface area contributed by atoms with E-state index < -0.39 is 10.2 Å². The van der Waals surface area contributed by atoms with Crippen molar-refractivity contribution in [1.29, 1.82) is 0 Å². The fourth-order valence-corrected chi connectivity index (χ4v) is 3.74. The number of hydrogen-bond donors (Lipinski definition) is 2. The van der Waals surface area contributed by atoms with Crippen molar-refractivity contribution in [3.63, 3.8) is 0 Å². The molecule has 1 aliphatic heterocycles. The van der Waals surface area contributed by atoms with Crippen LogP contribution < -0.4 is 10.5 Å². The van der Waals surface area contributed by atoms with Crippen LogP contribution in [0.15, 0.2) is 0 Å². The molecular weight excluding hydrogens is 238 g/mol. The minimum atomic E-state index is -3.32. The Morgan fingerprint density at radius 3 is 2.29 bits per heavy atom. The van der Waals surface area contributed by atoms with Crippen molar-refractivity contribution in [2.45, 2.75) is 45.6 Å². The zero-order chi connectivity index (χ0) is 12.9. The second-order valence-electron chi connectivity index (χ2n) is 5.01. The van der Waals surface area contributed by atoms with Crippen molar-refractivity contribution < 1.29 is 8.42 Å². The van der Waals surface area contributed by atoms with Gasteiger partial charge in [-0.05, 0) is 31.7 Å². The number of nitrogens with two attached hydrogens (primary N) is 1. The zero-order valence-corrected chi connectivity index (χ0v) is 11.7.